The van der Waals surface area contributed by atoms with Gasteiger partial charge in [0.1, 0.15) is 5.82 Å². The van der Waals surface area contributed by atoms with Crippen LogP contribution in [0.4, 0.5) is 5.82 Å². The van der Waals surface area contributed by atoms with Gasteiger partial charge < -0.3 is 9.47 Å². The van der Waals surface area contributed by atoms with Crippen LogP contribution < -0.4 is 14.4 Å². The van der Waals surface area contributed by atoms with E-state index in [-0.39, 0.29) is 18.7 Å². The molecule has 0 saturated heterocycles. The summed E-state index contributed by atoms with van der Waals surface area (Å²) in [6.45, 7) is 0.247. The molecule has 0 unspecified atom stereocenters. The second-order valence-electron chi connectivity index (χ2n) is 6.28. The molecule has 1 aliphatic carbocycles. The zero-order chi connectivity index (χ0) is 17.1. The normalized spacial score (nSPS) is 16.5. The molecule has 0 spiro atoms. The Hall–Kier alpha value is -2.82. The fraction of sp³-hybridized carbons (Fsp3) is 0.300. The number of carbonyl (C=O) groups excluding carboxylic acids is 1. The van der Waals surface area contributed by atoms with E-state index in [0.717, 1.165) is 42.8 Å². The van der Waals surface area contributed by atoms with Gasteiger partial charge >= 0.3 is 0 Å². The van der Waals surface area contributed by atoms with Crippen molar-refractivity contribution in [3.05, 3.63) is 54.2 Å². The van der Waals surface area contributed by atoms with Gasteiger partial charge in [-0.1, -0.05) is 25.0 Å². The van der Waals surface area contributed by atoms with Gasteiger partial charge in [0.15, 0.2) is 11.5 Å². The fourth-order valence-electron chi connectivity index (χ4n) is 3.40. The monoisotopic (exact) mass is 336 g/mol. The Labute approximate surface area is 146 Å². The van der Waals surface area contributed by atoms with Crippen molar-refractivity contribution in [2.45, 2.75) is 31.7 Å². The second kappa shape index (κ2) is 6.97. The van der Waals surface area contributed by atoms with Crippen molar-refractivity contribution >= 4 is 17.8 Å². The lowest BCUT2D eigenvalue weighted by Crippen LogP contribution is -2.38. The van der Waals surface area contributed by atoms with Gasteiger partial charge in [0, 0.05) is 18.3 Å². The first kappa shape index (κ1) is 15.7. The summed E-state index contributed by atoms with van der Waals surface area (Å²) in [5, 5.41) is 0. The molecule has 0 N–H and O–H groups in total. The zero-order valence-electron chi connectivity index (χ0n) is 13.9. The Morgan fingerprint density at radius 2 is 1.96 bits per heavy atom. The van der Waals surface area contributed by atoms with Crippen LogP contribution in [0.25, 0.3) is 6.08 Å². The largest absolute Gasteiger partial charge is 0.454 e. The molecule has 0 bridgehead atoms. The standard InChI is InChI=1S/C20H20N2O3/c23-20(11-9-15-8-10-17-18(13-15)25-14-24-17)22(16-5-1-2-6-16)19-7-3-4-12-21-19/h3-4,7-13,16H,1-2,5-6,14H2/b11-9+. The molecular weight excluding hydrogens is 316 g/mol. The van der Waals surface area contributed by atoms with Crippen molar-refractivity contribution < 1.29 is 14.3 Å². The first-order chi connectivity index (χ1) is 12.3. The van der Waals surface area contributed by atoms with Crippen LogP contribution in [0, 0.1) is 0 Å². The Balaban J connectivity index is 1.56. The number of ether oxygens (including phenoxy) is 2. The van der Waals surface area contributed by atoms with Gasteiger partial charge in [-0.05, 0) is 48.7 Å². The molecule has 0 atom stereocenters. The predicted molar refractivity (Wildman–Crippen MR) is 95.6 cm³/mol. The van der Waals surface area contributed by atoms with Crippen LogP contribution in [0.1, 0.15) is 31.2 Å². The number of fused-ring (bicyclic) bond motifs is 1. The van der Waals surface area contributed by atoms with Crippen LogP contribution in [0.15, 0.2) is 48.7 Å². The molecule has 1 fully saturated rings. The Bertz CT molecular complexity index is 783. The molecule has 2 heterocycles. The van der Waals surface area contributed by atoms with Gasteiger partial charge in [-0.25, -0.2) is 4.98 Å². The third kappa shape index (κ3) is 3.36. The van der Waals surface area contributed by atoms with Crippen molar-refractivity contribution in [2.75, 3.05) is 11.7 Å². The molecule has 5 heteroatoms. The summed E-state index contributed by atoms with van der Waals surface area (Å²) in [5.41, 5.74) is 0.907. The van der Waals surface area contributed by atoms with Gasteiger partial charge in [-0.3, -0.25) is 9.69 Å². The van der Waals surface area contributed by atoms with E-state index in [0.29, 0.717) is 5.75 Å². The lowest BCUT2D eigenvalue weighted by molar-refractivity contribution is -0.114. The lowest BCUT2D eigenvalue weighted by Gasteiger charge is -2.26. The van der Waals surface area contributed by atoms with E-state index in [4.69, 9.17) is 9.47 Å². The first-order valence-electron chi connectivity index (χ1n) is 8.63. The molecule has 1 aromatic heterocycles. The predicted octanol–water partition coefficient (Wildman–Crippen LogP) is 3.80. The molecule has 1 aromatic carbocycles. The summed E-state index contributed by atoms with van der Waals surface area (Å²) < 4.78 is 10.7. The SMILES string of the molecule is O=C(/C=C/c1ccc2c(c1)OCO2)N(c1ccccn1)C1CCCC1. The average molecular weight is 336 g/mol. The van der Waals surface area contributed by atoms with E-state index in [2.05, 4.69) is 4.98 Å². The summed E-state index contributed by atoms with van der Waals surface area (Å²) in [4.78, 5) is 19.1. The highest BCUT2D eigenvalue weighted by atomic mass is 16.7. The number of aromatic nitrogens is 1. The topological polar surface area (TPSA) is 51.7 Å². The highest BCUT2D eigenvalue weighted by Gasteiger charge is 2.27. The fourth-order valence-corrected chi connectivity index (χ4v) is 3.40. The molecule has 0 radical (unpaired) electrons. The van der Waals surface area contributed by atoms with Crippen molar-refractivity contribution in [1.29, 1.82) is 0 Å². The molecule has 2 aromatic rings. The van der Waals surface area contributed by atoms with Crippen molar-refractivity contribution in [1.82, 2.24) is 4.98 Å². The number of hydrogen-bond donors (Lipinski definition) is 0. The maximum Gasteiger partial charge on any atom is 0.252 e. The third-order valence-corrected chi connectivity index (χ3v) is 4.64. The van der Waals surface area contributed by atoms with Crippen LogP contribution in [-0.2, 0) is 4.79 Å². The third-order valence-electron chi connectivity index (χ3n) is 4.64. The zero-order valence-corrected chi connectivity index (χ0v) is 13.9. The molecule has 128 valence electrons. The number of carbonyl (C=O) groups is 1. The minimum Gasteiger partial charge on any atom is -0.454 e. The van der Waals surface area contributed by atoms with Gasteiger partial charge in [0.25, 0.3) is 5.91 Å². The second-order valence-corrected chi connectivity index (χ2v) is 6.28. The number of amides is 1. The van der Waals surface area contributed by atoms with Crippen molar-refractivity contribution in [2.24, 2.45) is 0 Å². The van der Waals surface area contributed by atoms with Gasteiger partial charge in [0.2, 0.25) is 6.79 Å². The Morgan fingerprint density at radius 1 is 1.12 bits per heavy atom. The lowest BCUT2D eigenvalue weighted by atomic mass is 10.1. The van der Waals surface area contributed by atoms with Crippen LogP contribution in [0.2, 0.25) is 0 Å². The summed E-state index contributed by atoms with van der Waals surface area (Å²) in [5.74, 6) is 2.13. The summed E-state index contributed by atoms with van der Waals surface area (Å²) in [6, 6.07) is 11.6. The molecule has 1 saturated carbocycles. The molecule has 4 rings (SSSR count). The molecule has 5 nitrogen and oxygen atoms in total. The van der Waals surface area contributed by atoms with E-state index in [1.807, 2.05) is 47.4 Å². The summed E-state index contributed by atoms with van der Waals surface area (Å²) in [7, 11) is 0. The minimum atomic E-state index is -0.0386. The molecule has 25 heavy (non-hydrogen) atoms. The van der Waals surface area contributed by atoms with E-state index in [9.17, 15) is 4.79 Å². The highest BCUT2D eigenvalue weighted by molar-refractivity contribution is 6.03. The van der Waals surface area contributed by atoms with Crippen LogP contribution >= 0.6 is 0 Å². The Kier molecular flexibility index (Phi) is 4.37. The molecular formula is C20H20N2O3. The number of nitrogens with zero attached hydrogens (tertiary/aromatic N) is 2. The number of pyridine rings is 1. The number of benzene rings is 1. The van der Waals surface area contributed by atoms with Gasteiger partial charge in [0.05, 0.1) is 0 Å². The maximum atomic E-state index is 12.9. The van der Waals surface area contributed by atoms with E-state index in [1.165, 1.54) is 0 Å². The minimum absolute atomic E-state index is 0.0386. The van der Waals surface area contributed by atoms with E-state index in [1.54, 1.807) is 12.3 Å². The van der Waals surface area contributed by atoms with Crippen LogP contribution in [0.5, 0.6) is 11.5 Å². The smallest absolute Gasteiger partial charge is 0.252 e. The maximum absolute atomic E-state index is 12.9. The van der Waals surface area contributed by atoms with Crippen molar-refractivity contribution in [3.63, 3.8) is 0 Å². The van der Waals surface area contributed by atoms with Crippen LogP contribution in [-0.4, -0.2) is 23.7 Å². The number of hydrogen-bond acceptors (Lipinski definition) is 4. The molecule has 1 aliphatic heterocycles. The van der Waals surface area contributed by atoms with E-state index >= 15 is 0 Å². The first-order valence-corrected chi connectivity index (χ1v) is 8.63. The number of rotatable bonds is 4. The van der Waals surface area contributed by atoms with Gasteiger partial charge in [-0.15, -0.1) is 0 Å². The summed E-state index contributed by atoms with van der Waals surface area (Å²) >= 11 is 0. The summed E-state index contributed by atoms with van der Waals surface area (Å²) in [6.07, 6.45) is 9.53. The van der Waals surface area contributed by atoms with Crippen LogP contribution in [0.3, 0.4) is 0 Å². The number of anilines is 1. The van der Waals surface area contributed by atoms with Gasteiger partial charge in [-0.2, -0.15) is 0 Å². The molecule has 1 amide bonds. The van der Waals surface area contributed by atoms with E-state index < -0.39 is 0 Å². The van der Waals surface area contributed by atoms with Crippen molar-refractivity contribution in [3.8, 4) is 11.5 Å². The Morgan fingerprint density at radius 3 is 2.76 bits per heavy atom. The average Bonchev–Trinajstić information content (AvgIpc) is 3.32. The highest BCUT2D eigenvalue weighted by Crippen LogP contribution is 2.33. The molecule has 2 aliphatic rings. The quantitative estimate of drug-likeness (QED) is 0.797.